The molecule has 0 unspecified atom stereocenters. The number of rotatable bonds is 4. The Morgan fingerprint density at radius 3 is 2.40 bits per heavy atom. The van der Waals surface area contributed by atoms with Crippen LogP contribution in [0.15, 0.2) is 0 Å². The maximum Gasteiger partial charge on any atom is 0.0503 e. The Balaban J connectivity index is 0.000000921. The van der Waals surface area contributed by atoms with Gasteiger partial charge in [0.15, 0.2) is 0 Å². The van der Waals surface area contributed by atoms with Gasteiger partial charge in [0.05, 0.1) is 6.67 Å². The van der Waals surface area contributed by atoms with Gasteiger partial charge in [-0.05, 0) is 40.5 Å². The Hall–Kier alpha value is 1.34. The summed E-state index contributed by atoms with van der Waals surface area (Å²) in [6.45, 7) is 6.18. The fourth-order valence-electron chi connectivity index (χ4n) is 1.84. The molecule has 1 heterocycles. The van der Waals surface area contributed by atoms with Crippen molar-refractivity contribution in [2.24, 2.45) is 0 Å². The first-order valence-electron chi connectivity index (χ1n) is 5.38. The predicted molar refractivity (Wildman–Crippen MR) is 84.9 cm³/mol. The first-order chi connectivity index (χ1) is 7.18. The second kappa shape index (κ2) is 10.5. The van der Waals surface area contributed by atoms with Crippen LogP contribution in [0.1, 0.15) is 12.8 Å². The second-order valence-electron chi connectivity index (χ2n) is 4.35. The molecule has 0 spiro atoms. The Morgan fingerprint density at radius 2 is 1.87 bits per heavy atom. The van der Waals surface area contributed by atoms with E-state index in [0.717, 1.165) is 6.67 Å². The van der Waals surface area contributed by atoms with Gasteiger partial charge in [0.1, 0.15) is 0 Å². The van der Waals surface area contributed by atoms with Crippen molar-refractivity contribution in [2.75, 3.05) is 54.0 Å². The summed E-state index contributed by atoms with van der Waals surface area (Å²) >= 11 is 4.24. The summed E-state index contributed by atoms with van der Waals surface area (Å²) in [4.78, 5) is 7.21. The summed E-state index contributed by atoms with van der Waals surface area (Å²) in [5.74, 6) is 0. The molecule has 0 amide bonds. The molecule has 0 aromatic carbocycles. The van der Waals surface area contributed by atoms with Crippen LogP contribution in [0.4, 0.5) is 0 Å². The fourth-order valence-corrected chi connectivity index (χ4v) is 1.84. The van der Waals surface area contributed by atoms with Crippen molar-refractivity contribution in [1.29, 1.82) is 0 Å². The molecular formula is C10H23I2N3. The van der Waals surface area contributed by atoms with Gasteiger partial charge in [0.2, 0.25) is 0 Å². The van der Waals surface area contributed by atoms with Gasteiger partial charge in [-0.2, -0.15) is 0 Å². The zero-order chi connectivity index (χ0) is 11.7. The summed E-state index contributed by atoms with van der Waals surface area (Å²) < 4.78 is 0. The highest BCUT2D eigenvalue weighted by molar-refractivity contribution is 15.0. The SMILES string of the molecule is CN(C)CCCN1CCCN(C)C1.II. The maximum atomic E-state index is 2.55. The largest absolute Gasteiger partial charge is 0.309 e. The highest BCUT2D eigenvalue weighted by Gasteiger charge is 2.12. The van der Waals surface area contributed by atoms with Gasteiger partial charge < -0.3 is 4.90 Å². The van der Waals surface area contributed by atoms with Crippen molar-refractivity contribution < 1.29 is 0 Å². The molecule has 0 saturated carbocycles. The van der Waals surface area contributed by atoms with Crippen LogP contribution in [0.2, 0.25) is 0 Å². The van der Waals surface area contributed by atoms with E-state index in [0.29, 0.717) is 0 Å². The first kappa shape index (κ1) is 16.3. The lowest BCUT2D eigenvalue weighted by Crippen LogP contribution is -2.43. The lowest BCUT2D eigenvalue weighted by atomic mass is 10.3. The molecule has 5 heteroatoms. The van der Waals surface area contributed by atoms with Gasteiger partial charge in [0, 0.05) is 56.9 Å². The molecule has 1 aliphatic heterocycles. The third kappa shape index (κ3) is 9.08. The number of halogens is 2. The highest BCUT2D eigenvalue weighted by atomic mass is 128. The minimum atomic E-state index is 1.16. The van der Waals surface area contributed by atoms with Crippen LogP contribution in [0.3, 0.4) is 0 Å². The summed E-state index contributed by atoms with van der Waals surface area (Å²) in [5, 5.41) is 0. The standard InChI is InChI=1S/C10H23N3.I2/c1-11(2)6-4-8-13-9-5-7-12(3)10-13;1-2/h4-10H2,1-3H3;. The molecule has 1 aliphatic rings. The summed E-state index contributed by atoms with van der Waals surface area (Å²) in [6, 6.07) is 0. The van der Waals surface area contributed by atoms with E-state index in [1.54, 1.807) is 0 Å². The van der Waals surface area contributed by atoms with Crippen molar-refractivity contribution in [3.05, 3.63) is 0 Å². The Morgan fingerprint density at radius 1 is 1.20 bits per heavy atom. The van der Waals surface area contributed by atoms with Gasteiger partial charge in [-0.25, -0.2) is 0 Å². The minimum absolute atomic E-state index is 1.16. The van der Waals surface area contributed by atoms with Crippen LogP contribution in [-0.2, 0) is 0 Å². The lowest BCUT2D eigenvalue weighted by Gasteiger charge is -2.33. The average molecular weight is 439 g/mol. The molecule has 0 aliphatic carbocycles. The fraction of sp³-hybridized carbons (Fsp3) is 1.00. The lowest BCUT2D eigenvalue weighted by molar-refractivity contribution is 0.104. The van der Waals surface area contributed by atoms with Crippen LogP contribution < -0.4 is 0 Å². The Labute approximate surface area is 118 Å². The van der Waals surface area contributed by atoms with Gasteiger partial charge >= 0.3 is 0 Å². The van der Waals surface area contributed by atoms with Gasteiger partial charge in [-0.1, -0.05) is 0 Å². The van der Waals surface area contributed by atoms with Crippen molar-refractivity contribution in [1.82, 2.24) is 14.7 Å². The Kier molecular flexibility index (Phi) is 11.4. The van der Waals surface area contributed by atoms with E-state index in [4.69, 9.17) is 0 Å². The van der Waals surface area contributed by atoms with E-state index in [9.17, 15) is 0 Å². The van der Waals surface area contributed by atoms with Crippen molar-refractivity contribution in [3.8, 4) is 0 Å². The number of nitrogens with zero attached hydrogens (tertiary/aromatic N) is 3. The van der Waals surface area contributed by atoms with Crippen molar-refractivity contribution in [2.45, 2.75) is 12.8 Å². The number of hydrogen-bond donors (Lipinski definition) is 0. The summed E-state index contributed by atoms with van der Waals surface area (Å²) in [6.07, 6.45) is 2.62. The summed E-state index contributed by atoms with van der Waals surface area (Å²) in [5.41, 5.74) is 0. The average Bonchev–Trinajstić information content (AvgIpc) is 2.20. The third-order valence-electron chi connectivity index (χ3n) is 2.54. The molecule has 1 saturated heterocycles. The van der Waals surface area contributed by atoms with Gasteiger partial charge in [-0.15, -0.1) is 0 Å². The molecule has 0 N–H and O–H groups in total. The molecule has 0 radical (unpaired) electrons. The third-order valence-corrected chi connectivity index (χ3v) is 2.54. The molecule has 3 nitrogen and oxygen atoms in total. The molecule has 0 bridgehead atoms. The normalized spacial score (nSPS) is 18.8. The molecule has 1 fully saturated rings. The molecule has 0 atom stereocenters. The smallest absolute Gasteiger partial charge is 0.0503 e. The monoisotopic (exact) mass is 439 g/mol. The Bertz CT molecular complexity index is 145. The van der Waals surface area contributed by atoms with E-state index in [1.165, 1.54) is 39.0 Å². The van der Waals surface area contributed by atoms with E-state index < -0.39 is 0 Å². The van der Waals surface area contributed by atoms with E-state index in [-0.39, 0.29) is 0 Å². The van der Waals surface area contributed by atoms with Crippen LogP contribution in [-0.4, -0.2) is 68.7 Å². The quantitative estimate of drug-likeness (QED) is 0.623. The van der Waals surface area contributed by atoms with Crippen LogP contribution in [0.5, 0.6) is 0 Å². The molecule has 15 heavy (non-hydrogen) atoms. The molecule has 1 rings (SSSR count). The highest BCUT2D eigenvalue weighted by Crippen LogP contribution is 2.03. The topological polar surface area (TPSA) is 9.72 Å². The van der Waals surface area contributed by atoms with Gasteiger partial charge in [-0.3, -0.25) is 9.80 Å². The molecule has 92 valence electrons. The zero-order valence-electron chi connectivity index (χ0n) is 10.0. The molecule has 0 aromatic heterocycles. The van der Waals surface area contributed by atoms with Crippen LogP contribution in [0, 0.1) is 0 Å². The maximum absolute atomic E-state index is 2.55. The second-order valence-corrected chi connectivity index (χ2v) is 4.35. The van der Waals surface area contributed by atoms with Crippen LogP contribution >= 0.6 is 37.2 Å². The van der Waals surface area contributed by atoms with Gasteiger partial charge in [0.25, 0.3) is 0 Å². The van der Waals surface area contributed by atoms with E-state index in [1.807, 2.05) is 0 Å². The van der Waals surface area contributed by atoms with Crippen molar-refractivity contribution >= 4 is 37.2 Å². The zero-order valence-corrected chi connectivity index (χ0v) is 14.4. The molecule has 0 aromatic rings. The van der Waals surface area contributed by atoms with Crippen molar-refractivity contribution in [3.63, 3.8) is 0 Å². The van der Waals surface area contributed by atoms with E-state index >= 15 is 0 Å². The molecular weight excluding hydrogens is 416 g/mol. The van der Waals surface area contributed by atoms with E-state index in [2.05, 4.69) is 73.1 Å². The predicted octanol–water partition coefficient (Wildman–Crippen LogP) is 2.30. The first-order valence-corrected chi connectivity index (χ1v) is 11.7. The number of hydrogen-bond acceptors (Lipinski definition) is 3. The van der Waals surface area contributed by atoms with Crippen LogP contribution in [0.25, 0.3) is 0 Å². The summed E-state index contributed by atoms with van der Waals surface area (Å²) in [7, 11) is 6.49. The minimum Gasteiger partial charge on any atom is -0.309 e.